The molecule has 0 unspecified atom stereocenters. The molecule has 2 amide bonds. The van der Waals surface area contributed by atoms with Gasteiger partial charge in [0.2, 0.25) is 5.91 Å². The molecule has 2 bridgehead atoms. The summed E-state index contributed by atoms with van der Waals surface area (Å²) in [6.45, 7) is 1.03. The Balaban J connectivity index is 1.15. The van der Waals surface area contributed by atoms with Gasteiger partial charge in [0.1, 0.15) is 11.6 Å². The number of hydrogen-bond acceptors (Lipinski definition) is 4. The first-order valence-corrected chi connectivity index (χ1v) is 12.6. The molecule has 186 valence electrons. The number of ether oxygens (including phenoxy) is 1. The molecule has 6 nitrogen and oxygen atoms in total. The van der Waals surface area contributed by atoms with E-state index in [1.807, 2.05) is 29.2 Å². The fraction of sp³-hybridized carbons (Fsp3) is 0.462. The van der Waals surface area contributed by atoms with E-state index in [1.54, 1.807) is 0 Å². The lowest BCUT2D eigenvalue weighted by atomic mass is 9.55. The Hall–Kier alpha value is -2.35. The van der Waals surface area contributed by atoms with Gasteiger partial charge < -0.3 is 20.1 Å². The molecular formula is C26H27Cl2FN2O4. The first-order valence-electron chi connectivity index (χ1n) is 11.8. The van der Waals surface area contributed by atoms with Crippen LogP contribution in [0.15, 0.2) is 42.5 Å². The molecule has 1 atom stereocenters. The van der Waals surface area contributed by atoms with Gasteiger partial charge in [-0.2, -0.15) is 0 Å². The summed E-state index contributed by atoms with van der Waals surface area (Å²) in [4.78, 5) is 27.9. The number of benzene rings is 2. The zero-order valence-corrected chi connectivity index (χ0v) is 20.6. The van der Waals surface area contributed by atoms with Crippen molar-refractivity contribution in [1.29, 1.82) is 0 Å². The van der Waals surface area contributed by atoms with Crippen molar-refractivity contribution >= 4 is 35.0 Å². The van der Waals surface area contributed by atoms with Crippen LogP contribution in [0.3, 0.4) is 0 Å². The van der Waals surface area contributed by atoms with Crippen LogP contribution in [0.1, 0.15) is 43.6 Å². The van der Waals surface area contributed by atoms with Crippen LogP contribution in [0.2, 0.25) is 10.0 Å². The summed E-state index contributed by atoms with van der Waals surface area (Å²) in [6.07, 6.45) is 1.80. The first kappa shape index (κ1) is 24.3. The smallest absolute Gasteiger partial charge is 0.258 e. The van der Waals surface area contributed by atoms with Crippen molar-refractivity contribution in [3.8, 4) is 5.75 Å². The van der Waals surface area contributed by atoms with Crippen molar-refractivity contribution in [2.45, 2.75) is 49.7 Å². The van der Waals surface area contributed by atoms with Gasteiger partial charge in [-0.05, 0) is 61.9 Å². The Labute approximate surface area is 213 Å². The van der Waals surface area contributed by atoms with E-state index in [0.717, 1.165) is 6.07 Å². The van der Waals surface area contributed by atoms with Gasteiger partial charge in [-0.1, -0.05) is 35.3 Å². The lowest BCUT2D eigenvalue weighted by Gasteiger charge is -2.57. The lowest BCUT2D eigenvalue weighted by Crippen LogP contribution is -2.68. The zero-order chi connectivity index (χ0) is 24.8. The topological polar surface area (TPSA) is 78.9 Å². The first-order chi connectivity index (χ1) is 16.7. The molecule has 4 fully saturated rings. The molecule has 2 N–H and O–H groups in total. The third kappa shape index (κ3) is 4.61. The van der Waals surface area contributed by atoms with Gasteiger partial charge in [-0.15, -0.1) is 0 Å². The van der Waals surface area contributed by atoms with Crippen molar-refractivity contribution in [3.05, 3.63) is 63.9 Å². The third-order valence-electron chi connectivity index (χ3n) is 7.93. The van der Waals surface area contributed by atoms with Crippen LogP contribution in [0.5, 0.6) is 5.75 Å². The maximum Gasteiger partial charge on any atom is 0.258 e. The Kier molecular flexibility index (Phi) is 6.45. The van der Waals surface area contributed by atoms with Gasteiger partial charge in [0, 0.05) is 30.1 Å². The van der Waals surface area contributed by atoms with Gasteiger partial charge in [-0.25, -0.2) is 4.39 Å². The number of amides is 2. The van der Waals surface area contributed by atoms with E-state index in [9.17, 15) is 19.1 Å². The molecule has 6 rings (SSSR count). The number of rotatable bonds is 6. The van der Waals surface area contributed by atoms with Crippen LogP contribution in [-0.4, -0.2) is 53.2 Å². The second-order valence-corrected chi connectivity index (χ2v) is 10.9. The molecule has 3 saturated carbocycles. The van der Waals surface area contributed by atoms with E-state index in [2.05, 4.69) is 5.32 Å². The quantitative estimate of drug-likeness (QED) is 0.594. The predicted octanol–water partition coefficient (Wildman–Crippen LogP) is 4.32. The Bertz CT molecular complexity index is 1130. The van der Waals surface area contributed by atoms with Crippen molar-refractivity contribution in [2.75, 3.05) is 19.7 Å². The standard InChI is InChI=1S/C26H27Cl2FN2O4/c27-18-3-1-16(2-4-18)17-13-31(14-17)24(34)25-7-9-26(10-8-25,22(32)12-25)30-23(33)15-35-19-5-6-20(28)21(29)11-19/h1-6,11,17,22,32H,7-10,12-15H2,(H,30,33)/t22-,25?,26?/m0/s1. The number of halogens is 3. The van der Waals surface area contributed by atoms with E-state index in [1.165, 1.54) is 17.7 Å². The Morgan fingerprint density at radius 3 is 2.40 bits per heavy atom. The summed E-state index contributed by atoms with van der Waals surface area (Å²) >= 11 is 11.6. The summed E-state index contributed by atoms with van der Waals surface area (Å²) in [7, 11) is 0. The van der Waals surface area contributed by atoms with Gasteiger partial charge >= 0.3 is 0 Å². The monoisotopic (exact) mass is 520 g/mol. The van der Waals surface area contributed by atoms with E-state index < -0.39 is 28.8 Å². The second-order valence-electron chi connectivity index (χ2n) is 10.0. The summed E-state index contributed by atoms with van der Waals surface area (Å²) in [6, 6.07) is 11.7. The fourth-order valence-corrected chi connectivity index (χ4v) is 5.99. The predicted molar refractivity (Wildman–Crippen MR) is 130 cm³/mol. The molecule has 3 aliphatic carbocycles. The van der Waals surface area contributed by atoms with Crippen LogP contribution in [0, 0.1) is 11.2 Å². The minimum atomic E-state index is -0.820. The summed E-state index contributed by atoms with van der Waals surface area (Å²) in [5.41, 5.74) is -0.170. The number of nitrogens with one attached hydrogen (secondary N) is 1. The van der Waals surface area contributed by atoms with Crippen molar-refractivity contribution < 1.29 is 23.8 Å². The lowest BCUT2D eigenvalue weighted by molar-refractivity contribution is -0.164. The molecule has 0 aromatic heterocycles. The summed E-state index contributed by atoms with van der Waals surface area (Å²) in [5.74, 6) is -0.412. The number of likely N-dealkylation sites (tertiary alicyclic amines) is 1. The Morgan fingerprint density at radius 1 is 1.09 bits per heavy atom. The maximum absolute atomic E-state index is 13.6. The van der Waals surface area contributed by atoms with Gasteiger partial charge in [-0.3, -0.25) is 9.59 Å². The molecule has 4 aliphatic rings. The largest absolute Gasteiger partial charge is 0.484 e. The highest BCUT2D eigenvalue weighted by molar-refractivity contribution is 6.30. The number of aliphatic hydroxyl groups is 1. The minimum absolute atomic E-state index is 0.0232. The normalized spacial score (nSPS) is 27.9. The number of hydrogen-bond donors (Lipinski definition) is 2. The van der Waals surface area contributed by atoms with Crippen molar-refractivity contribution in [1.82, 2.24) is 10.2 Å². The average Bonchev–Trinajstić information content (AvgIpc) is 2.81. The summed E-state index contributed by atoms with van der Waals surface area (Å²) < 4.78 is 19.0. The van der Waals surface area contributed by atoms with Crippen LogP contribution < -0.4 is 10.1 Å². The maximum atomic E-state index is 13.6. The number of nitrogens with zero attached hydrogens (tertiary/aromatic N) is 1. The average molecular weight is 521 g/mol. The van der Waals surface area contributed by atoms with Crippen molar-refractivity contribution in [3.63, 3.8) is 0 Å². The number of aliphatic hydroxyl groups excluding tert-OH is 1. The SMILES string of the molecule is O=C(COc1ccc(Cl)c(F)c1)NC12CCC(C(=O)N3CC(c4ccc(Cl)cc4)C3)(CC1)C[C@@H]2O. The molecule has 0 radical (unpaired) electrons. The molecule has 35 heavy (non-hydrogen) atoms. The van der Waals surface area contributed by atoms with Gasteiger partial charge in [0.25, 0.3) is 5.91 Å². The van der Waals surface area contributed by atoms with Crippen LogP contribution >= 0.6 is 23.2 Å². The molecule has 1 saturated heterocycles. The van der Waals surface area contributed by atoms with E-state index in [0.29, 0.717) is 56.1 Å². The number of carbonyl (C=O) groups is 2. The second kappa shape index (κ2) is 9.26. The van der Waals surface area contributed by atoms with E-state index in [-0.39, 0.29) is 23.3 Å². The number of fused-ring (bicyclic) bond motifs is 3. The molecule has 9 heteroatoms. The number of carbonyl (C=O) groups excluding carboxylic acids is 2. The van der Waals surface area contributed by atoms with Crippen LogP contribution in [-0.2, 0) is 9.59 Å². The highest BCUT2D eigenvalue weighted by Gasteiger charge is 2.59. The van der Waals surface area contributed by atoms with Gasteiger partial charge in [0.05, 0.1) is 22.1 Å². The molecule has 2 aromatic rings. The molecule has 2 aromatic carbocycles. The fourth-order valence-electron chi connectivity index (χ4n) is 5.74. The van der Waals surface area contributed by atoms with Gasteiger partial charge in [0.15, 0.2) is 6.61 Å². The van der Waals surface area contributed by atoms with Crippen molar-refractivity contribution in [2.24, 2.45) is 5.41 Å². The Morgan fingerprint density at radius 2 is 1.77 bits per heavy atom. The third-order valence-corrected chi connectivity index (χ3v) is 8.49. The van der Waals surface area contributed by atoms with Crippen LogP contribution in [0.4, 0.5) is 4.39 Å². The molecular weight excluding hydrogens is 494 g/mol. The van der Waals surface area contributed by atoms with Crippen LogP contribution in [0.25, 0.3) is 0 Å². The zero-order valence-electron chi connectivity index (χ0n) is 19.1. The van der Waals surface area contributed by atoms with E-state index >= 15 is 0 Å². The summed E-state index contributed by atoms with van der Waals surface area (Å²) in [5, 5.41) is 14.6. The highest BCUT2D eigenvalue weighted by atomic mass is 35.5. The van der Waals surface area contributed by atoms with E-state index in [4.69, 9.17) is 27.9 Å². The minimum Gasteiger partial charge on any atom is -0.484 e. The molecule has 1 aliphatic heterocycles. The molecule has 1 heterocycles. The highest BCUT2D eigenvalue weighted by Crippen LogP contribution is 2.54. The molecule has 0 spiro atoms.